The number of carbonyl (C=O) groups excluding carboxylic acids is 1. The van der Waals surface area contributed by atoms with Crippen molar-refractivity contribution >= 4 is 15.7 Å². The van der Waals surface area contributed by atoms with Gasteiger partial charge in [-0.15, -0.1) is 0 Å². The molecule has 2 aromatic rings. The van der Waals surface area contributed by atoms with Crippen molar-refractivity contribution in [2.45, 2.75) is 25.3 Å². The number of aromatic nitrogens is 1. The Kier molecular flexibility index (Phi) is 4.89. The number of oxazole rings is 1. The molecule has 2 heterocycles. The molecule has 0 aliphatic carbocycles. The van der Waals surface area contributed by atoms with Crippen molar-refractivity contribution in [3.63, 3.8) is 0 Å². The van der Waals surface area contributed by atoms with Crippen LogP contribution < -0.4 is 0 Å². The Balaban J connectivity index is 1.59. The monoisotopic (exact) mass is 366 g/mol. The van der Waals surface area contributed by atoms with Gasteiger partial charge in [0.05, 0.1) is 23.3 Å². The van der Waals surface area contributed by atoms with Crippen molar-refractivity contribution in [2.24, 2.45) is 0 Å². The van der Waals surface area contributed by atoms with E-state index < -0.39 is 15.7 Å². The normalized spacial score (nSPS) is 19.0. The second-order valence-electron chi connectivity index (χ2n) is 6.16. The summed E-state index contributed by atoms with van der Waals surface area (Å²) in [4.78, 5) is 17.8. The van der Waals surface area contributed by atoms with Crippen LogP contribution in [0.2, 0.25) is 0 Å². The SMILES string of the molecule is CN(C(=O)CCc1ncc(-c2ccccc2F)o1)C1CCS(=O)(=O)C1. The van der Waals surface area contributed by atoms with Crippen LogP contribution in [0.3, 0.4) is 0 Å². The van der Waals surface area contributed by atoms with Crippen molar-refractivity contribution in [2.75, 3.05) is 18.6 Å². The van der Waals surface area contributed by atoms with Crippen LogP contribution in [0.5, 0.6) is 0 Å². The van der Waals surface area contributed by atoms with Gasteiger partial charge in [0.1, 0.15) is 5.82 Å². The first-order valence-corrected chi connectivity index (χ1v) is 9.83. The highest BCUT2D eigenvalue weighted by atomic mass is 32.2. The van der Waals surface area contributed by atoms with E-state index in [0.717, 1.165) is 0 Å². The van der Waals surface area contributed by atoms with Gasteiger partial charge in [-0.25, -0.2) is 17.8 Å². The minimum Gasteiger partial charge on any atom is -0.441 e. The van der Waals surface area contributed by atoms with E-state index in [4.69, 9.17) is 4.42 Å². The fraction of sp³-hybridized carbons (Fsp3) is 0.412. The third-order valence-corrected chi connectivity index (χ3v) is 6.15. The van der Waals surface area contributed by atoms with E-state index >= 15 is 0 Å². The fourth-order valence-corrected chi connectivity index (χ4v) is 4.66. The fourth-order valence-electron chi connectivity index (χ4n) is 2.89. The quantitative estimate of drug-likeness (QED) is 0.809. The van der Waals surface area contributed by atoms with E-state index in [0.29, 0.717) is 23.6 Å². The minimum absolute atomic E-state index is 0.0195. The summed E-state index contributed by atoms with van der Waals surface area (Å²) in [5.41, 5.74) is 0.320. The molecule has 0 bridgehead atoms. The summed E-state index contributed by atoms with van der Waals surface area (Å²) in [6.07, 6.45) is 2.34. The van der Waals surface area contributed by atoms with Crippen molar-refractivity contribution in [3.8, 4) is 11.3 Å². The lowest BCUT2D eigenvalue weighted by Gasteiger charge is -2.23. The Morgan fingerprint density at radius 1 is 1.40 bits per heavy atom. The molecule has 0 spiro atoms. The van der Waals surface area contributed by atoms with Gasteiger partial charge in [-0.1, -0.05) is 12.1 Å². The van der Waals surface area contributed by atoms with Gasteiger partial charge in [-0.2, -0.15) is 0 Å². The van der Waals surface area contributed by atoms with Crippen LogP contribution >= 0.6 is 0 Å². The zero-order valence-corrected chi connectivity index (χ0v) is 14.6. The van der Waals surface area contributed by atoms with Gasteiger partial charge in [0.15, 0.2) is 21.5 Å². The van der Waals surface area contributed by atoms with Gasteiger partial charge in [0, 0.05) is 25.9 Å². The lowest BCUT2D eigenvalue weighted by molar-refractivity contribution is -0.131. The first kappa shape index (κ1) is 17.6. The first-order valence-electron chi connectivity index (χ1n) is 8.01. The number of rotatable bonds is 5. The predicted molar refractivity (Wildman–Crippen MR) is 90.0 cm³/mol. The maximum atomic E-state index is 13.7. The second kappa shape index (κ2) is 6.95. The molecule has 1 aliphatic rings. The number of amides is 1. The zero-order valence-electron chi connectivity index (χ0n) is 13.8. The van der Waals surface area contributed by atoms with Gasteiger partial charge >= 0.3 is 0 Å². The number of sulfone groups is 1. The molecule has 134 valence electrons. The topological polar surface area (TPSA) is 80.5 Å². The summed E-state index contributed by atoms with van der Waals surface area (Å²) < 4.78 is 42.3. The van der Waals surface area contributed by atoms with E-state index in [9.17, 15) is 17.6 Å². The van der Waals surface area contributed by atoms with Crippen molar-refractivity contribution < 1.29 is 22.0 Å². The summed E-state index contributed by atoms with van der Waals surface area (Å²) in [6.45, 7) is 0. The molecule has 1 atom stereocenters. The number of nitrogens with zero attached hydrogens (tertiary/aromatic N) is 2. The average molecular weight is 366 g/mol. The molecular weight excluding hydrogens is 347 g/mol. The third-order valence-electron chi connectivity index (χ3n) is 4.40. The standard InChI is InChI=1S/C17H19FN2O4S/c1-20(12-8-9-25(22,23)11-12)17(21)7-6-16-19-10-15(24-16)13-4-2-3-5-14(13)18/h2-5,10,12H,6-9,11H2,1H3. The second-order valence-corrected chi connectivity index (χ2v) is 8.39. The molecule has 1 aromatic carbocycles. The van der Waals surface area contributed by atoms with Crippen LogP contribution in [0, 0.1) is 5.82 Å². The van der Waals surface area contributed by atoms with E-state index in [1.54, 1.807) is 25.2 Å². The molecule has 1 aromatic heterocycles. The van der Waals surface area contributed by atoms with E-state index in [-0.39, 0.29) is 36.3 Å². The van der Waals surface area contributed by atoms with Crippen LogP contribution in [-0.4, -0.2) is 48.8 Å². The van der Waals surface area contributed by atoms with Gasteiger partial charge < -0.3 is 9.32 Å². The van der Waals surface area contributed by atoms with Crippen molar-refractivity contribution in [1.82, 2.24) is 9.88 Å². The molecule has 8 heteroatoms. The zero-order chi connectivity index (χ0) is 18.0. The summed E-state index contributed by atoms with van der Waals surface area (Å²) in [5, 5.41) is 0. The number of carbonyl (C=O) groups is 1. The smallest absolute Gasteiger partial charge is 0.223 e. The van der Waals surface area contributed by atoms with Gasteiger partial charge in [-0.05, 0) is 18.6 Å². The van der Waals surface area contributed by atoms with Crippen LogP contribution in [0.1, 0.15) is 18.7 Å². The molecule has 0 N–H and O–H groups in total. The molecule has 1 aliphatic heterocycles. The van der Waals surface area contributed by atoms with Crippen molar-refractivity contribution in [1.29, 1.82) is 0 Å². The lowest BCUT2D eigenvalue weighted by atomic mass is 10.2. The number of halogens is 1. The Labute approximate surface area is 145 Å². The molecule has 0 saturated carbocycles. The highest BCUT2D eigenvalue weighted by Crippen LogP contribution is 2.24. The van der Waals surface area contributed by atoms with E-state index in [2.05, 4.69) is 4.98 Å². The predicted octanol–water partition coefficient (Wildman–Crippen LogP) is 2.06. The highest BCUT2D eigenvalue weighted by molar-refractivity contribution is 7.91. The van der Waals surface area contributed by atoms with Gasteiger partial charge in [-0.3, -0.25) is 4.79 Å². The molecule has 1 unspecified atom stereocenters. The number of hydrogen-bond donors (Lipinski definition) is 0. The van der Waals surface area contributed by atoms with Crippen LogP contribution in [0.25, 0.3) is 11.3 Å². The van der Waals surface area contributed by atoms with Crippen LogP contribution in [0.4, 0.5) is 4.39 Å². The van der Waals surface area contributed by atoms with Crippen LogP contribution in [-0.2, 0) is 21.1 Å². The van der Waals surface area contributed by atoms with Crippen LogP contribution in [0.15, 0.2) is 34.9 Å². The Hall–Kier alpha value is -2.22. The van der Waals surface area contributed by atoms with E-state index in [1.165, 1.54) is 17.2 Å². The summed E-state index contributed by atoms with van der Waals surface area (Å²) >= 11 is 0. The first-order chi connectivity index (χ1) is 11.9. The Morgan fingerprint density at radius 2 is 2.16 bits per heavy atom. The molecule has 1 saturated heterocycles. The largest absolute Gasteiger partial charge is 0.441 e. The number of benzene rings is 1. The highest BCUT2D eigenvalue weighted by Gasteiger charge is 2.32. The molecule has 1 fully saturated rings. The third kappa shape index (κ3) is 4.07. The average Bonchev–Trinajstić information content (AvgIpc) is 3.18. The maximum Gasteiger partial charge on any atom is 0.223 e. The summed E-state index contributed by atoms with van der Waals surface area (Å²) in [6, 6.07) is 5.96. The summed E-state index contributed by atoms with van der Waals surface area (Å²) in [5.74, 6) is 0.248. The Morgan fingerprint density at radius 3 is 2.84 bits per heavy atom. The molecule has 0 radical (unpaired) electrons. The lowest BCUT2D eigenvalue weighted by Crippen LogP contribution is -2.37. The molecule has 1 amide bonds. The molecule has 25 heavy (non-hydrogen) atoms. The molecule has 3 rings (SSSR count). The Bertz CT molecular complexity index is 878. The number of hydrogen-bond acceptors (Lipinski definition) is 5. The maximum absolute atomic E-state index is 13.7. The number of aryl methyl sites for hydroxylation is 1. The van der Waals surface area contributed by atoms with Gasteiger partial charge in [0.25, 0.3) is 0 Å². The molecule has 6 nitrogen and oxygen atoms in total. The van der Waals surface area contributed by atoms with E-state index in [1.807, 2.05) is 0 Å². The van der Waals surface area contributed by atoms with Gasteiger partial charge in [0.2, 0.25) is 5.91 Å². The summed E-state index contributed by atoms with van der Waals surface area (Å²) in [7, 11) is -1.41. The van der Waals surface area contributed by atoms with Crippen molar-refractivity contribution in [3.05, 3.63) is 42.2 Å². The minimum atomic E-state index is -3.03. The molecular formula is C17H19FN2O4S.